The maximum Gasteiger partial charge on any atom is 0.410 e. The van der Waals surface area contributed by atoms with Gasteiger partial charge in [-0.3, -0.25) is 14.6 Å². The minimum Gasteiger partial charge on any atom is -0.444 e. The van der Waals surface area contributed by atoms with Crippen molar-refractivity contribution in [1.82, 2.24) is 24.5 Å². The van der Waals surface area contributed by atoms with Gasteiger partial charge >= 0.3 is 6.09 Å². The summed E-state index contributed by atoms with van der Waals surface area (Å²) in [5.74, 6) is -0.302. The van der Waals surface area contributed by atoms with E-state index in [4.69, 9.17) is 9.72 Å². The van der Waals surface area contributed by atoms with Crippen molar-refractivity contribution in [3.8, 4) is 22.4 Å². The van der Waals surface area contributed by atoms with Crippen molar-refractivity contribution < 1.29 is 19.1 Å². The Morgan fingerprint density at radius 2 is 1.63 bits per heavy atom. The number of nitrogens with one attached hydrogen (secondary N) is 1. The van der Waals surface area contributed by atoms with Gasteiger partial charge in [0.1, 0.15) is 11.4 Å². The van der Waals surface area contributed by atoms with E-state index in [-0.39, 0.29) is 35.8 Å². The van der Waals surface area contributed by atoms with Crippen LogP contribution in [-0.4, -0.2) is 60.0 Å². The van der Waals surface area contributed by atoms with Gasteiger partial charge in [-0.05, 0) is 59.4 Å². The van der Waals surface area contributed by atoms with E-state index in [1.165, 1.54) is 18.4 Å². The second kappa shape index (κ2) is 10.9. The Morgan fingerprint density at radius 3 is 2.21 bits per heavy atom. The van der Waals surface area contributed by atoms with Crippen LogP contribution in [0.25, 0.3) is 28.0 Å². The number of hydrogen-bond donors (Lipinski definition) is 1. The van der Waals surface area contributed by atoms with Gasteiger partial charge in [0.15, 0.2) is 11.4 Å². The molecule has 3 atom stereocenters. The van der Waals surface area contributed by atoms with Gasteiger partial charge < -0.3 is 15.0 Å². The number of anilines is 1. The van der Waals surface area contributed by atoms with E-state index in [2.05, 4.69) is 15.4 Å². The van der Waals surface area contributed by atoms with E-state index in [0.29, 0.717) is 35.6 Å². The Balaban J connectivity index is 1.42. The largest absolute Gasteiger partial charge is 0.444 e. The molecule has 0 radical (unpaired) electrons. The van der Waals surface area contributed by atoms with Crippen LogP contribution in [0.5, 0.6) is 0 Å². The Bertz CT molecular complexity index is 1690. The van der Waals surface area contributed by atoms with Gasteiger partial charge in [0.05, 0.1) is 23.1 Å². The van der Waals surface area contributed by atoms with Crippen LogP contribution in [0.1, 0.15) is 82.3 Å². The lowest BCUT2D eigenvalue weighted by Gasteiger charge is -2.39. The summed E-state index contributed by atoms with van der Waals surface area (Å²) in [5.41, 5.74) is 4.34. The maximum absolute atomic E-state index is 13.2. The number of rotatable bonds is 5. The van der Waals surface area contributed by atoms with Crippen LogP contribution < -0.4 is 5.32 Å². The Labute approximate surface area is 250 Å². The number of pyridine rings is 1. The first kappa shape index (κ1) is 28.5. The van der Waals surface area contributed by atoms with Gasteiger partial charge in [-0.15, -0.1) is 0 Å². The SMILES string of the molecule is CC(=O)Nc1c(C(C)=O)c([C@H]2C[C@H]3CC[C@@H](C2)N3C(=O)OC(C)(C)C)nc2c(-c3ccc(-c4ccccc4)nc3)cnn12. The van der Waals surface area contributed by atoms with Crippen molar-refractivity contribution in [2.24, 2.45) is 0 Å². The molecule has 2 bridgehead atoms. The van der Waals surface area contributed by atoms with E-state index in [9.17, 15) is 14.4 Å². The predicted octanol–water partition coefficient (Wildman–Crippen LogP) is 6.26. The molecular weight excluding hydrogens is 544 g/mol. The zero-order valence-electron chi connectivity index (χ0n) is 25.1. The molecular formula is C33H36N6O4. The third-order valence-corrected chi connectivity index (χ3v) is 8.19. The molecule has 1 N–H and O–H groups in total. The average molecular weight is 581 g/mol. The van der Waals surface area contributed by atoms with Crippen LogP contribution in [0.2, 0.25) is 0 Å². The van der Waals surface area contributed by atoms with Gasteiger partial charge in [0, 0.05) is 47.8 Å². The van der Waals surface area contributed by atoms with Crippen LogP contribution in [0.3, 0.4) is 0 Å². The average Bonchev–Trinajstić information content (AvgIpc) is 3.50. The number of ketones is 1. The Hall–Kier alpha value is -4.60. The third-order valence-electron chi connectivity index (χ3n) is 8.19. The number of hydrogen-bond acceptors (Lipinski definition) is 7. The highest BCUT2D eigenvalue weighted by Gasteiger charge is 2.46. The summed E-state index contributed by atoms with van der Waals surface area (Å²) in [4.78, 5) is 50.3. The third kappa shape index (κ3) is 5.49. The van der Waals surface area contributed by atoms with Gasteiger partial charge in [0.2, 0.25) is 5.91 Å². The first-order valence-electron chi connectivity index (χ1n) is 14.7. The van der Waals surface area contributed by atoms with Gasteiger partial charge in [-0.1, -0.05) is 36.4 Å². The molecule has 4 aromatic rings. The van der Waals surface area contributed by atoms with Crippen LogP contribution in [0, 0.1) is 0 Å². The number of Topliss-reactive ketones (excluding diaryl/α,β-unsaturated/α-hetero) is 1. The zero-order chi connectivity index (χ0) is 30.5. The second-order valence-electron chi connectivity index (χ2n) is 12.5. The number of carbonyl (C=O) groups is 3. The minimum atomic E-state index is -0.582. The van der Waals surface area contributed by atoms with Gasteiger partial charge in [-0.2, -0.15) is 9.61 Å². The van der Waals surface area contributed by atoms with Crippen LogP contribution in [0.4, 0.5) is 10.6 Å². The lowest BCUT2D eigenvalue weighted by Crippen LogP contribution is -2.48. The quantitative estimate of drug-likeness (QED) is 0.277. The molecule has 6 rings (SSSR count). The van der Waals surface area contributed by atoms with Crippen LogP contribution in [-0.2, 0) is 9.53 Å². The summed E-state index contributed by atoms with van der Waals surface area (Å²) in [6.07, 6.45) is 6.22. The fourth-order valence-corrected chi connectivity index (χ4v) is 6.48. The molecule has 2 amide bonds. The molecule has 2 fully saturated rings. The summed E-state index contributed by atoms with van der Waals surface area (Å²) in [7, 11) is 0. The van der Waals surface area contributed by atoms with Crippen molar-refractivity contribution in [2.45, 2.75) is 83.9 Å². The summed E-state index contributed by atoms with van der Waals surface area (Å²) in [6.45, 7) is 8.50. The van der Waals surface area contributed by atoms with Crippen LogP contribution >= 0.6 is 0 Å². The lowest BCUT2D eigenvalue weighted by molar-refractivity contribution is -0.114. The predicted molar refractivity (Wildman–Crippen MR) is 163 cm³/mol. The number of nitrogens with zero attached hydrogens (tertiary/aromatic N) is 5. The summed E-state index contributed by atoms with van der Waals surface area (Å²) in [6, 6.07) is 13.8. The van der Waals surface area contributed by atoms with Crippen molar-refractivity contribution >= 4 is 29.2 Å². The molecule has 43 heavy (non-hydrogen) atoms. The number of amides is 2. The number of piperidine rings is 1. The van der Waals surface area contributed by atoms with E-state index in [1.54, 1.807) is 12.4 Å². The Morgan fingerprint density at radius 1 is 0.930 bits per heavy atom. The number of ether oxygens (including phenoxy) is 1. The molecule has 3 aromatic heterocycles. The lowest BCUT2D eigenvalue weighted by atomic mass is 9.85. The molecule has 10 nitrogen and oxygen atoms in total. The highest BCUT2D eigenvalue weighted by Crippen LogP contribution is 2.45. The van der Waals surface area contributed by atoms with Crippen molar-refractivity contribution in [2.75, 3.05) is 5.32 Å². The molecule has 0 spiro atoms. The van der Waals surface area contributed by atoms with Gasteiger partial charge in [-0.25, -0.2) is 9.78 Å². The molecule has 2 aliphatic rings. The fraction of sp³-hybridized carbons (Fsp3) is 0.394. The van der Waals surface area contributed by atoms with Crippen molar-refractivity contribution in [3.63, 3.8) is 0 Å². The first-order valence-corrected chi connectivity index (χ1v) is 14.7. The van der Waals surface area contributed by atoms with Crippen molar-refractivity contribution in [1.29, 1.82) is 0 Å². The molecule has 222 valence electrons. The topological polar surface area (TPSA) is 119 Å². The fourth-order valence-electron chi connectivity index (χ4n) is 6.48. The molecule has 0 aliphatic carbocycles. The molecule has 10 heteroatoms. The normalized spacial score (nSPS) is 19.8. The smallest absolute Gasteiger partial charge is 0.410 e. The van der Waals surface area contributed by atoms with E-state index in [0.717, 1.165) is 35.2 Å². The molecule has 0 saturated carbocycles. The molecule has 0 unspecified atom stereocenters. The highest BCUT2D eigenvalue weighted by molar-refractivity contribution is 6.04. The minimum absolute atomic E-state index is 0.0141. The van der Waals surface area contributed by atoms with E-state index >= 15 is 0 Å². The van der Waals surface area contributed by atoms with Crippen LogP contribution in [0.15, 0.2) is 54.9 Å². The van der Waals surface area contributed by atoms with Crippen molar-refractivity contribution in [3.05, 3.63) is 66.1 Å². The maximum atomic E-state index is 13.2. The molecule has 2 aliphatic heterocycles. The number of benzene rings is 1. The summed E-state index contributed by atoms with van der Waals surface area (Å²) >= 11 is 0. The molecule has 1 aromatic carbocycles. The monoisotopic (exact) mass is 580 g/mol. The number of fused-ring (bicyclic) bond motifs is 3. The van der Waals surface area contributed by atoms with E-state index < -0.39 is 5.60 Å². The Kier molecular flexibility index (Phi) is 7.23. The number of carbonyl (C=O) groups excluding carboxylic acids is 3. The molecule has 2 saturated heterocycles. The standard InChI is InChI=1S/C33H36N6O4/c1-19(40)28-29(23-15-24-12-13-25(16-23)38(24)32(42)43-33(3,4)5)37-30-26(18-35-39(30)31(28)36-20(2)41)22-11-14-27(34-17-22)21-9-7-6-8-10-21/h6-11,14,17-18,23-25H,12-13,15-16H2,1-5H3,(H,36,41)/t23-,24+,25-. The zero-order valence-corrected chi connectivity index (χ0v) is 25.1. The first-order chi connectivity index (χ1) is 20.5. The highest BCUT2D eigenvalue weighted by atomic mass is 16.6. The summed E-state index contributed by atoms with van der Waals surface area (Å²) < 4.78 is 7.26. The van der Waals surface area contributed by atoms with E-state index in [1.807, 2.05) is 68.1 Å². The summed E-state index contributed by atoms with van der Waals surface area (Å²) in [5, 5.41) is 7.42. The molecule has 5 heterocycles. The van der Waals surface area contributed by atoms with Gasteiger partial charge in [0.25, 0.3) is 0 Å². The number of aromatic nitrogens is 4. The second-order valence-corrected chi connectivity index (χ2v) is 12.5.